The second-order valence-electron chi connectivity index (χ2n) is 7.34. The Balaban J connectivity index is 1.40. The highest BCUT2D eigenvalue weighted by atomic mass is 32.1. The summed E-state index contributed by atoms with van der Waals surface area (Å²) in [5.41, 5.74) is 9.74. The molecule has 0 atom stereocenters. The minimum absolute atomic E-state index is 0.151. The van der Waals surface area contributed by atoms with Crippen LogP contribution in [0.15, 0.2) is 72.8 Å². The highest BCUT2D eigenvalue weighted by molar-refractivity contribution is 7.20. The van der Waals surface area contributed by atoms with Crippen molar-refractivity contribution in [3.05, 3.63) is 99.9 Å². The second kappa shape index (κ2) is 9.12. The lowest BCUT2D eigenvalue weighted by Crippen LogP contribution is -2.23. The van der Waals surface area contributed by atoms with E-state index >= 15 is 0 Å². The third-order valence-corrected chi connectivity index (χ3v) is 6.21. The largest absolute Gasteiger partial charge is 0.348 e. The maximum atomic E-state index is 12.7. The van der Waals surface area contributed by atoms with Crippen molar-refractivity contribution in [1.29, 1.82) is 0 Å². The first-order valence-corrected chi connectivity index (χ1v) is 10.8. The molecule has 4 rings (SSSR count). The third kappa shape index (κ3) is 4.82. The van der Waals surface area contributed by atoms with Gasteiger partial charge in [0.2, 0.25) is 0 Å². The van der Waals surface area contributed by atoms with Gasteiger partial charge >= 0.3 is 0 Å². The molecule has 6 heteroatoms. The van der Waals surface area contributed by atoms with E-state index in [2.05, 4.69) is 10.6 Å². The van der Waals surface area contributed by atoms with Crippen LogP contribution in [0.2, 0.25) is 0 Å². The Labute approximate surface area is 184 Å². The number of carbonyl (C=O) groups is 2. The Morgan fingerprint density at radius 1 is 0.903 bits per heavy atom. The van der Waals surface area contributed by atoms with Crippen LogP contribution in [0.25, 0.3) is 10.1 Å². The fourth-order valence-electron chi connectivity index (χ4n) is 3.30. The van der Waals surface area contributed by atoms with E-state index in [1.807, 2.05) is 61.5 Å². The number of aryl methyl sites for hydroxylation is 1. The molecule has 3 aromatic carbocycles. The number of hydrogen-bond acceptors (Lipinski definition) is 4. The van der Waals surface area contributed by atoms with Crippen LogP contribution in [0.4, 0.5) is 5.69 Å². The van der Waals surface area contributed by atoms with Gasteiger partial charge in [-0.3, -0.25) is 9.59 Å². The zero-order valence-electron chi connectivity index (χ0n) is 17.1. The molecule has 0 radical (unpaired) electrons. The molecule has 31 heavy (non-hydrogen) atoms. The van der Waals surface area contributed by atoms with Crippen LogP contribution < -0.4 is 16.4 Å². The first-order valence-electron chi connectivity index (χ1n) is 10.00. The number of thiophene rings is 1. The van der Waals surface area contributed by atoms with E-state index in [1.54, 1.807) is 18.2 Å². The van der Waals surface area contributed by atoms with Crippen molar-refractivity contribution in [3.63, 3.8) is 0 Å². The number of benzene rings is 3. The zero-order chi connectivity index (χ0) is 21.8. The standard InChI is InChI=1S/C25H23N3O2S/c1-16-12-20(24(29)27-15-18-8-6-17(14-26)7-9-18)10-11-21(16)28-25(30)23-13-19-4-2-3-5-22(19)31-23/h2-13H,14-15,26H2,1H3,(H,27,29)(H,28,30). The van der Waals surface area contributed by atoms with Gasteiger partial charge in [0.15, 0.2) is 0 Å². The molecule has 0 saturated heterocycles. The SMILES string of the molecule is Cc1cc(C(=O)NCc2ccc(CN)cc2)ccc1NC(=O)c1cc2ccccc2s1. The lowest BCUT2D eigenvalue weighted by molar-refractivity contribution is 0.0950. The molecule has 0 fully saturated rings. The van der Waals surface area contributed by atoms with E-state index in [9.17, 15) is 9.59 Å². The fraction of sp³-hybridized carbons (Fsp3) is 0.120. The summed E-state index contributed by atoms with van der Waals surface area (Å²) in [6.07, 6.45) is 0. The molecule has 0 saturated carbocycles. The summed E-state index contributed by atoms with van der Waals surface area (Å²) in [6, 6.07) is 22.9. The van der Waals surface area contributed by atoms with Crippen LogP contribution in [-0.2, 0) is 13.1 Å². The minimum Gasteiger partial charge on any atom is -0.348 e. The summed E-state index contributed by atoms with van der Waals surface area (Å²) in [6.45, 7) is 2.81. The molecule has 4 aromatic rings. The smallest absolute Gasteiger partial charge is 0.265 e. The topological polar surface area (TPSA) is 84.2 Å². The lowest BCUT2D eigenvalue weighted by Gasteiger charge is -2.10. The van der Waals surface area contributed by atoms with E-state index in [0.717, 1.165) is 26.8 Å². The normalized spacial score (nSPS) is 10.8. The van der Waals surface area contributed by atoms with Gasteiger partial charge in [-0.05, 0) is 59.3 Å². The van der Waals surface area contributed by atoms with Crippen molar-refractivity contribution < 1.29 is 9.59 Å². The van der Waals surface area contributed by atoms with Crippen LogP contribution in [0.5, 0.6) is 0 Å². The number of amides is 2. The molecular weight excluding hydrogens is 406 g/mol. The number of anilines is 1. The van der Waals surface area contributed by atoms with Gasteiger partial charge in [0, 0.05) is 29.0 Å². The van der Waals surface area contributed by atoms with Crippen molar-refractivity contribution in [1.82, 2.24) is 5.32 Å². The van der Waals surface area contributed by atoms with Crippen LogP contribution in [0.1, 0.15) is 36.7 Å². The summed E-state index contributed by atoms with van der Waals surface area (Å²) < 4.78 is 1.08. The van der Waals surface area contributed by atoms with E-state index in [1.165, 1.54) is 11.3 Å². The maximum Gasteiger partial charge on any atom is 0.265 e. The summed E-state index contributed by atoms with van der Waals surface area (Å²) >= 11 is 1.46. The Hall–Kier alpha value is -3.48. The van der Waals surface area contributed by atoms with Gasteiger partial charge in [0.25, 0.3) is 11.8 Å². The van der Waals surface area contributed by atoms with E-state index in [4.69, 9.17) is 5.73 Å². The Morgan fingerprint density at radius 3 is 2.35 bits per heavy atom. The molecule has 0 aliphatic heterocycles. The Morgan fingerprint density at radius 2 is 1.65 bits per heavy atom. The highest BCUT2D eigenvalue weighted by Crippen LogP contribution is 2.26. The van der Waals surface area contributed by atoms with Crippen LogP contribution in [0.3, 0.4) is 0 Å². The fourth-order valence-corrected chi connectivity index (χ4v) is 4.26. The third-order valence-electron chi connectivity index (χ3n) is 5.10. The monoisotopic (exact) mass is 429 g/mol. The number of carbonyl (C=O) groups excluding carboxylic acids is 2. The Bertz CT molecular complexity index is 1210. The summed E-state index contributed by atoms with van der Waals surface area (Å²) in [5.74, 6) is -0.309. The second-order valence-corrected chi connectivity index (χ2v) is 8.42. The first-order chi connectivity index (χ1) is 15.0. The van der Waals surface area contributed by atoms with E-state index in [-0.39, 0.29) is 11.8 Å². The molecule has 0 spiro atoms. The molecule has 2 amide bonds. The summed E-state index contributed by atoms with van der Waals surface area (Å²) in [5, 5.41) is 6.93. The number of fused-ring (bicyclic) bond motifs is 1. The first kappa shape index (κ1) is 20.8. The van der Waals surface area contributed by atoms with Gasteiger partial charge in [0.1, 0.15) is 0 Å². The van der Waals surface area contributed by atoms with Gasteiger partial charge in [-0.15, -0.1) is 11.3 Å². The summed E-state index contributed by atoms with van der Waals surface area (Å²) in [7, 11) is 0. The molecule has 5 nitrogen and oxygen atoms in total. The molecule has 156 valence electrons. The number of nitrogens with one attached hydrogen (secondary N) is 2. The lowest BCUT2D eigenvalue weighted by atomic mass is 10.1. The number of nitrogens with two attached hydrogens (primary N) is 1. The number of rotatable bonds is 6. The number of hydrogen-bond donors (Lipinski definition) is 3. The van der Waals surface area contributed by atoms with Gasteiger partial charge < -0.3 is 16.4 Å². The van der Waals surface area contributed by atoms with E-state index in [0.29, 0.717) is 29.2 Å². The predicted octanol–water partition coefficient (Wildman–Crippen LogP) is 4.85. The van der Waals surface area contributed by atoms with Crippen molar-refractivity contribution in [2.24, 2.45) is 5.73 Å². The van der Waals surface area contributed by atoms with Crippen LogP contribution >= 0.6 is 11.3 Å². The van der Waals surface area contributed by atoms with Gasteiger partial charge in [-0.1, -0.05) is 42.5 Å². The molecule has 0 bridgehead atoms. The molecule has 0 unspecified atom stereocenters. The van der Waals surface area contributed by atoms with E-state index < -0.39 is 0 Å². The average molecular weight is 430 g/mol. The molecule has 0 aliphatic carbocycles. The van der Waals surface area contributed by atoms with Crippen LogP contribution in [-0.4, -0.2) is 11.8 Å². The molecule has 0 aliphatic rings. The van der Waals surface area contributed by atoms with Crippen LogP contribution in [0, 0.1) is 6.92 Å². The van der Waals surface area contributed by atoms with Crippen molar-refractivity contribution >= 4 is 38.9 Å². The van der Waals surface area contributed by atoms with Gasteiger partial charge in [0.05, 0.1) is 4.88 Å². The van der Waals surface area contributed by atoms with Gasteiger partial charge in [-0.2, -0.15) is 0 Å². The van der Waals surface area contributed by atoms with Crippen molar-refractivity contribution in [3.8, 4) is 0 Å². The molecular formula is C25H23N3O2S. The maximum absolute atomic E-state index is 12.7. The minimum atomic E-state index is -0.159. The predicted molar refractivity (Wildman–Crippen MR) is 126 cm³/mol. The zero-order valence-corrected chi connectivity index (χ0v) is 18.0. The Kier molecular flexibility index (Phi) is 6.11. The molecule has 1 aromatic heterocycles. The molecule has 4 N–H and O–H groups in total. The quantitative estimate of drug-likeness (QED) is 0.410. The van der Waals surface area contributed by atoms with Gasteiger partial charge in [-0.25, -0.2) is 0 Å². The summed E-state index contributed by atoms with van der Waals surface area (Å²) in [4.78, 5) is 25.9. The molecule has 1 heterocycles. The highest BCUT2D eigenvalue weighted by Gasteiger charge is 2.13. The van der Waals surface area contributed by atoms with Crippen molar-refractivity contribution in [2.75, 3.05) is 5.32 Å². The van der Waals surface area contributed by atoms with Crippen molar-refractivity contribution in [2.45, 2.75) is 20.0 Å². The average Bonchev–Trinajstić information content (AvgIpc) is 3.23.